The molecule has 0 N–H and O–H groups in total. The highest BCUT2D eigenvalue weighted by molar-refractivity contribution is 5.90. The largest absolute Gasteiger partial charge is 0.494 e. The fourth-order valence-electron chi connectivity index (χ4n) is 5.96. The van der Waals surface area contributed by atoms with Crippen LogP contribution in [0.1, 0.15) is 37.3 Å². The Labute approximate surface area is 233 Å². The summed E-state index contributed by atoms with van der Waals surface area (Å²) in [5, 5.41) is 18.3. The van der Waals surface area contributed by atoms with Crippen LogP contribution in [0.3, 0.4) is 0 Å². The third-order valence-electron chi connectivity index (χ3n) is 8.37. The maximum absolute atomic E-state index is 13.1. The van der Waals surface area contributed by atoms with Crippen molar-refractivity contribution in [1.82, 2.24) is 34.1 Å². The number of piperidine rings is 1. The number of likely N-dealkylation sites (tertiary alicyclic amines) is 3. The van der Waals surface area contributed by atoms with Crippen molar-refractivity contribution in [3.8, 4) is 22.9 Å². The molecule has 0 spiro atoms. The molecule has 2 amide bonds. The number of methoxy groups -OCH3 is 1. The van der Waals surface area contributed by atoms with E-state index in [4.69, 9.17) is 4.74 Å². The lowest BCUT2D eigenvalue weighted by Gasteiger charge is -2.41. The number of ether oxygens (including phenoxy) is 1. The molecule has 0 radical (unpaired) electrons. The predicted octanol–water partition coefficient (Wildman–Crippen LogP) is 2.35. The topological polar surface area (TPSA) is 112 Å². The summed E-state index contributed by atoms with van der Waals surface area (Å²) < 4.78 is 9.18. The monoisotopic (exact) mass is 542 g/mol. The van der Waals surface area contributed by atoms with Crippen molar-refractivity contribution in [2.45, 2.75) is 31.7 Å². The molecule has 0 atom stereocenters. The first kappa shape index (κ1) is 26.1. The SMILES string of the molecule is COc1cc(-c2cnn(C3CCN(C(=O)C4CN(C(=O)/C=C/CN5CCCC5)C4)CC3)c2)cn2ncc(C#N)c12. The molecular weight excluding hydrogens is 508 g/mol. The van der Waals surface area contributed by atoms with Gasteiger partial charge in [0, 0.05) is 62.3 Å². The Morgan fingerprint density at radius 3 is 2.55 bits per heavy atom. The average Bonchev–Trinajstić information content (AvgIpc) is 3.73. The summed E-state index contributed by atoms with van der Waals surface area (Å²) >= 11 is 0. The van der Waals surface area contributed by atoms with Crippen LogP contribution in [0.25, 0.3) is 16.6 Å². The molecule has 3 saturated heterocycles. The molecule has 3 fully saturated rings. The summed E-state index contributed by atoms with van der Waals surface area (Å²) in [6, 6.07) is 4.26. The smallest absolute Gasteiger partial charge is 0.246 e. The average molecular weight is 543 g/mol. The minimum atomic E-state index is -0.0995. The van der Waals surface area contributed by atoms with Crippen molar-refractivity contribution in [3.05, 3.63) is 48.6 Å². The van der Waals surface area contributed by atoms with Crippen LogP contribution in [-0.4, -0.2) is 98.8 Å². The second kappa shape index (κ2) is 11.1. The summed E-state index contributed by atoms with van der Waals surface area (Å²) in [4.78, 5) is 31.5. The van der Waals surface area contributed by atoms with E-state index in [1.807, 2.05) is 40.3 Å². The van der Waals surface area contributed by atoms with Gasteiger partial charge in [0.25, 0.3) is 0 Å². The summed E-state index contributed by atoms with van der Waals surface area (Å²) in [7, 11) is 1.58. The van der Waals surface area contributed by atoms with E-state index in [0.29, 0.717) is 43.0 Å². The second-order valence-electron chi connectivity index (χ2n) is 10.9. The van der Waals surface area contributed by atoms with E-state index in [2.05, 4.69) is 21.2 Å². The van der Waals surface area contributed by atoms with Crippen molar-refractivity contribution in [2.24, 2.45) is 5.92 Å². The molecule has 0 aliphatic carbocycles. The van der Waals surface area contributed by atoms with Gasteiger partial charge in [0.1, 0.15) is 22.9 Å². The first-order chi connectivity index (χ1) is 19.5. The Kier molecular flexibility index (Phi) is 7.26. The Bertz CT molecular complexity index is 1460. The molecule has 40 heavy (non-hydrogen) atoms. The lowest BCUT2D eigenvalue weighted by atomic mass is 9.96. The number of fused-ring (bicyclic) bond motifs is 1. The van der Waals surface area contributed by atoms with Gasteiger partial charge in [-0.3, -0.25) is 19.2 Å². The maximum atomic E-state index is 13.1. The fraction of sp³-hybridized carbons (Fsp3) is 0.483. The second-order valence-corrected chi connectivity index (χ2v) is 10.9. The van der Waals surface area contributed by atoms with Crippen LogP contribution >= 0.6 is 0 Å². The molecule has 0 aromatic carbocycles. The number of carbonyl (C=O) groups is 2. The molecule has 3 aromatic heterocycles. The molecule has 0 saturated carbocycles. The number of amides is 2. The highest BCUT2D eigenvalue weighted by Gasteiger charge is 2.38. The number of hydrogen-bond donors (Lipinski definition) is 0. The van der Waals surface area contributed by atoms with Gasteiger partial charge in [-0.15, -0.1) is 0 Å². The van der Waals surface area contributed by atoms with Gasteiger partial charge >= 0.3 is 0 Å². The number of nitriles is 1. The van der Waals surface area contributed by atoms with Gasteiger partial charge in [0.15, 0.2) is 0 Å². The number of nitrogens with zero attached hydrogens (tertiary/aromatic N) is 8. The first-order valence-electron chi connectivity index (χ1n) is 14.0. The molecule has 11 heteroatoms. The molecule has 6 heterocycles. The zero-order valence-electron chi connectivity index (χ0n) is 22.8. The van der Waals surface area contributed by atoms with Gasteiger partial charge in [-0.2, -0.15) is 15.5 Å². The standard InChI is InChI=1S/C29H34N8O3/c1-40-26-13-21(19-37-28(26)22(14-30)15-32-37)23-16-31-36(20-23)25-6-11-34(12-7-25)29(39)24-17-35(18-24)27(38)5-4-10-33-8-2-3-9-33/h4-5,13,15-16,19-20,24-25H,2-3,6-12,17-18H2,1H3/b5-4+. The quantitative estimate of drug-likeness (QED) is 0.421. The van der Waals surface area contributed by atoms with E-state index in [9.17, 15) is 14.9 Å². The molecule has 6 rings (SSSR count). The van der Waals surface area contributed by atoms with Crippen LogP contribution in [0.5, 0.6) is 5.75 Å². The van der Waals surface area contributed by atoms with Gasteiger partial charge in [0.05, 0.1) is 31.5 Å². The Balaban J connectivity index is 1.01. The van der Waals surface area contributed by atoms with Crippen LogP contribution in [-0.2, 0) is 9.59 Å². The van der Waals surface area contributed by atoms with Crippen LogP contribution in [0, 0.1) is 17.2 Å². The number of pyridine rings is 1. The van der Waals surface area contributed by atoms with E-state index in [-0.39, 0.29) is 23.8 Å². The van der Waals surface area contributed by atoms with Crippen molar-refractivity contribution < 1.29 is 14.3 Å². The van der Waals surface area contributed by atoms with Crippen molar-refractivity contribution in [3.63, 3.8) is 0 Å². The summed E-state index contributed by atoms with van der Waals surface area (Å²) in [6.45, 7) is 5.43. The number of carbonyl (C=O) groups excluding carboxylic acids is 2. The van der Waals surface area contributed by atoms with E-state index in [1.165, 1.54) is 19.0 Å². The molecular formula is C29H34N8O3. The molecule has 3 aromatic rings. The Morgan fingerprint density at radius 1 is 1.05 bits per heavy atom. The summed E-state index contributed by atoms with van der Waals surface area (Å²) in [5.74, 6) is 0.644. The van der Waals surface area contributed by atoms with E-state index in [0.717, 1.165) is 43.6 Å². The lowest BCUT2D eigenvalue weighted by molar-refractivity contribution is -0.147. The zero-order chi connectivity index (χ0) is 27.6. The molecule has 3 aliphatic heterocycles. The highest BCUT2D eigenvalue weighted by atomic mass is 16.5. The molecule has 0 unspecified atom stereocenters. The van der Waals surface area contributed by atoms with E-state index < -0.39 is 0 Å². The molecule has 208 valence electrons. The normalized spacial score (nSPS) is 18.9. The van der Waals surface area contributed by atoms with Gasteiger partial charge in [-0.1, -0.05) is 6.08 Å². The highest BCUT2D eigenvalue weighted by Crippen LogP contribution is 2.31. The fourth-order valence-corrected chi connectivity index (χ4v) is 5.96. The van der Waals surface area contributed by atoms with Crippen molar-refractivity contribution >= 4 is 17.3 Å². The zero-order valence-corrected chi connectivity index (χ0v) is 22.8. The van der Waals surface area contributed by atoms with E-state index in [1.54, 1.807) is 22.6 Å². The van der Waals surface area contributed by atoms with Gasteiger partial charge < -0.3 is 14.5 Å². The summed E-state index contributed by atoms with van der Waals surface area (Å²) in [6.07, 6.45) is 15.0. The number of hydrogen-bond acceptors (Lipinski definition) is 7. The Hall–Kier alpha value is -4.17. The first-order valence-corrected chi connectivity index (χ1v) is 14.0. The van der Waals surface area contributed by atoms with Crippen molar-refractivity contribution in [1.29, 1.82) is 5.26 Å². The Morgan fingerprint density at radius 2 is 1.82 bits per heavy atom. The summed E-state index contributed by atoms with van der Waals surface area (Å²) in [5.41, 5.74) is 2.93. The van der Waals surface area contributed by atoms with Gasteiger partial charge in [-0.05, 0) is 44.8 Å². The van der Waals surface area contributed by atoms with Crippen LogP contribution < -0.4 is 4.74 Å². The molecule has 3 aliphatic rings. The molecule has 0 bridgehead atoms. The lowest BCUT2D eigenvalue weighted by Crippen LogP contribution is -2.57. The minimum absolute atomic E-state index is 0.00581. The van der Waals surface area contributed by atoms with Crippen LogP contribution in [0.2, 0.25) is 0 Å². The van der Waals surface area contributed by atoms with E-state index >= 15 is 0 Å². The number of rotatable bonds is 7. The van der Waals surface area contributed by atoms with Crippen LogP contribution in [0.4, 0.5) is 0 Å². The van der Waals surface area contributed by atoms with Crippen molar-refractivity contribution in [2.75, 3.05) is 52.9 Å². The third-order valence-corrected chi connectivity index (χ3v) is 8.37. The molecule has 11 nitrogen and oxygen atoms in total. The van der Waals surface area contributed by atoms with Gasteiger partial charge in [0.2, 0.25) is 11.8 Å². The predicted molar refractivity (Wildman–Crippen MR) is 147 cm³/mol. The van der Waals surface area contributed by atoms with Gasteiger partial charge in [-0.25, -0.2) is 4.52 Å². The maximum Gasteiger partial charge on any atom is 0.246 e. The number of aromatic nitrogens is 4. The van der Waals surface area contributed by atoms with Crippen LogP contribution in [0.15, 0.2) is 43.0 Å². The third kappa shape index (κ3) is 5.07. The minimum Gasteiger partial charge on any atom is -0.494 e.